The molecule has 1 amide bonds. The van der Waals surface area contributed by atoms with Crippen molar-refractivity contribution in [3.05, 3.63) is 71.4 Å². The maximum atomic E-state index is 13.0. The average Bonchev–Trinajstić information content (AvgIpc) is 3.40. The van der Waals surface area contributed by atoms with Crippen LogP contribution < -0.4 is 14.4 Å². The summed E-state index contributed by atoms with van der Waals surface area (Å²) in [6.07, 6.45) is 3.38. The summed E-state index contributed by atoms with van der Waals surface area (Å²) in [5, 5.41) is 0. The number of benzene rings is 2. The molecule has 2 aliphatic rings. The van der Waals surface area contributed by atoms with Gasteiger partial charge in [-0.15, -0.1) is 0 Å². The number of ether oxygens (including phenoxy) is 2. The molecule has 0 spiro atoms. The minimum Gasteiger partial charge on any atom is -0.497 e. The van der Waals surface area contributed by atoms with E-state index in [1.807, 2.05) is 59.5 Å². The summed E-state index contributed by atoms with van der Waals surface area (Å²) in [4.78, 5) is 26.8. The number of aromatic nitrogens is 2. The number of hydrogen-bond donors (Lipinski definition) is 0. The highest BCUT2D eigenvalue weighted by Crippen LogP contribution is 2.33. The third-order valence-electron chi connectivity index (χ3n) is 6.22. The second-order valence-electron chi connectivity index (χ2n) is 8.45. The monoisotopic (exact) mass is 444 g/mol. The van der Waals surface area contributed by atoms with E-state index in [0.29, 0.717) is 37.6 Å². The lowest BCUT2D eigenvalue weighted by molar-refractivity contribution is -0.131. The lowest BCUT2D eigenvalue weighted by Gasteiger charge is -2.30. The van der Waals surface area contributed by atoms with Crippen molar-refractivity contribution in [3.8, 4) is 17.4 Å². The number of fused-ring (bicyclic) bond motifs is 1. The minimum atomic E-state index is 0.103. The highest BCUT2D eigenvalue weighted by molar-refractivity contribution is 5.79. The number of nitrogens with zero attached hydrogens (tertiary/aromatic N) is 4. The van der Waals surface area contributed by atoms with E-state index in [1.54, 1.807) is 7.11 Å². The largest absolute Gasteiger partial charge is 0.497 e. The molecule has 3 aromatic rings. The molecule has 2 aromatic carbocycles. The molecular formula is C26H28N4O3. The predicted molar refractivity (Wildman–Crippen MR) is 126 cm³/mol. The first-order valence-electron chi connectivity index (χ1n) is 11.5. The molecule has 3 heterocycles. The Hall–Kier alpha value is -3.61. The first-order chi connectivity index (χ1) is 16.2. The van der Waals surface area contributed by atoms with E-state index in [2.05, 4.69) is 4.90 Å². The summed E-state index contributed by atoms with van der Waals surface area (Å²) < 4.78 is 11.5. The Bertz CT molecular complexity index is 1110. The van der Waals surface area contributed by atoms with Gasteiger partial charge in [-0.1, -0.05) is 30.3 Å². The zero-order valence-electron chi connectivity index (χ0n) is 18.9. The van der Waals surface area contributed by atoms with Crippen LogP contribution >= 0.6 is 0 Å². The van der Waals surface area contributed by atoms with Crippen molar-refractivity contribution in [1.29, 1.82) is 0 Å². The van der Waals surface area contributed by atoms with Gasteiger partial charge in [-0.25, -0.2) is 4.98 Å². The summed E-state index contributed by atoms with van der Waals surface area (Å²) in [6.45, 7) is 3.02. The maximum absolute atomic E-state index is 13.0. The second kappa shape index (κ2) is 9.48. The summed E-state index contributed by atoms with van der Waals surface area (Å²) in [5.41, 5.74) is 2.88. The number of carbonyl (C=O) groups excluding carboxylic acids is 1. The van der Waals surface area contributed by atoms with Crippen LogP contribution in [0.4, 0.5) is 5.95 Å². The average molecular weight is 445 g/mol. The van der Waals surface area contributed by atoms with Crippen LogP contribution in [0.3, 0.4) is 0 Å². The van der Waals surface area contributed by atoms with Gasteiger partial charge < -0.3 is 19.3 Å². The SMILES string of the molecule is COc1ccc(Oc2nc(N3CCCC3)nc3c2CN(C(=O)Cc2ccccc2)CC3)cc1. The van der Waals surface area contributed by atoms with Crippen LogP contribution in [0.25, 0.3) is 0 Å². The van der Waals surface area contributed by atoms with Crippen molar-refractivity contribution < 1.29 is 14.3 Å². The Labute approximate surface area is 194 Å². The van der Waals surface area contributed by atoms with Gasteiger partial charge in [-0.3, -0.25) is 4.79 Å². The summed E-state index contributed by atoms with van der Waals surface area (Å²) in [5.74, 6) is 2.80. The van der Waals surface area contributed by atoms with Crippen molar-refractivity contribution in [1.82, 2.24) is 14.9 Å². The molecule has 0 bridgehead atoms. The van der Waals surface area contributed by atoms with Gasteiger partial charge in [0.25, 0.3) is 0 Å². The fraction of sp³-hybridized carbons (Fsp3) is 0.346. The normalized spacial score (nSPS) is 15.3. The van der Waals surface area contributed by atoms with Gasteiger partial charge in [0.1, 0.15) is 11.5 Å². The molecule has 0 radical (unpaired) electrons. The molecule has 5 rings (SSSR count). The smallest absolute Gasteiger partial charge is 0.229 e. The van der Waals surface area contributed by atoms with Crippen molar-refractivity contribution in [2.75, 3.05) is 31.6 Å². The number of amides is 1. The van der Waals surface area contributed by atoms with E-state index >= 15 is 0 Å². The van der Waals surface area contributed by atoms with Crippen LogP contribution in [0.5, 0.6) is 17.4 Å². The minimum absolute atomic E-state index is 0.103. The molecule has 1 aromatic heterocycles. The number of methoxy groups -OCH3 is 1. The zero-order chi connectivity index (χ0) is 22.6. The van der Waals surface area contributed by atoms with E-state index in [4.69, 9.17) is 19.4 Å². The van der Waals surface area contributed by atoms with Gasteiger partial charge in [0.05, 0.1) is 31.3 Å². The summed E-state index contributed by atoms with van der Waals surface area (Å²) >= 11 is 0. The Kier molecular flexibility index (Phi) is 6.11. The fourth-order valence-corrected chi connectivity index (χ4v) is 4.36. The van der Waals surface area contributed by atoms with Gasteiger partial charge >= 0.3 is 0 Å². The van der Waals surface area contributed by atoms with Gasteiger partial charge in [0, 0.05) is 26.1 Å². The summed E-state index contributed by atoms with van der Waals surface area (Å²) in [6, 6.07) is 17.3. The lowest BCUT2D eigenvalue weighted by atomic mass is 10.0. The first kappa shape index (κ1) is 21.2. The first-order valence-corrected chi connectivity index (χ1v) is 11.5. The Morgan fingerprint density at radius 1 is 0.939 bits per heavy atom. The molecule has 1 fully saturated rings. The third kappa shape index (κ3) is 4.77. The van der Waals surface area contributed by atoms with Crippen molar-refractivity contribution in [3.63, 3.8) is 0 Å². The van der Waals surface area contributed by atoms with Crippen LogP contribution in [-0.4, -0.2) is 47.5 Å². The van der Waals surface area contributed by atoms with E-state index in [1.165, 1.54) is 0 Å². The fourth-order valence-electron chi connectivity index (χ4n) is 4.36. The van der Waals surface area contributed by atoms with Crippen LogP contribution in [0, 0.1) is 0 Å². The van der Waals surface area contributed by atoms with Gasteiger partial charge in [0.2, 0.25) is 17.7 Å². The number of carbonyl (C=O) groups is 1. The van der Waals surface area contributed by atoms with Crippen LogP contribution in [0.2, 0.25) is 0 Å². The quantitative estimate of drug-likeness (QED) is 0.572. The van der Waals surface area contributed by atoms with E-state index in [-0.39, 0.29) is 5.91 Å². The van der Waals surface area contributed by atoms with Crippen LogP contribution in [0.15, 0.2) is 54.6 Å². The molecular weight excluding hydrogens is 416 g/mol. The molecule has 33 heavy (non-hydrogen) atoms. The zero-order valence-corrected chi connectivity index (χ0v) is 18.9. The highest BCUT2D eigenvalue weighted by atomic mass is 16.5. The highest BCUT2D eigenvalue weighted by Gasteiger charge is 2.28. The number of hydrogen-bond acceptors (Lipinski definition) is 6. The molecule has 0 saturated carbocycles. The van der Waals surface area contributed by atoms with E-state index in [9.17, 15) is 4.79 Å². The second-order valence-corrected chi connectivity index (χ2v) is 8.45. The standard InChI is InChI=1S/C26H28N4O3/c1-32-20-9-11-21(12-10-20)33-25-22-18-30(24(31)17-19-7-3-2-4-8-19)16-13-23(22)27-26(28-25)29-14-5-6-15-29/h2-4,7-12H,5-6,13-18H2,1H3. The topological polar surface area (TPSA) is 67.8 Å². The Morgan fingerprint density at radius 3 is 2.39 bits per heavy atom. The molecule has 0 atom stereocenters. The van der Waals surface area contributed by atoms with E-state index in [0.717, 1.165) is 54.4 Å². The maximum Gasteiger partial charge on any atom is 0.229 e. The van der Waals surface area contributed by atoms with Crippen LogP contribution in [-0.2, 0) is 24.2 Å². The van der Waals surface area contributed by atoms with E-state index < -0.39 is 0 Å². The molecule has 1 saturated heterocycles. The predicted octanol–water partition coefficient (Wildman–Crippen LogP) is 4.01. The molecule has 7 nitrogen and oxygen atoms in total. The van der Waals surface area contributed by atoms with Crippen LogP contribution in [0.1, 0.15) is 29.7 Å². The van der Waals surface area contributed by atoms with Gasteiger partial charge in [0.15, 0.2) is 0 Å². The molecule has 7 heteroatoms. The Morgan fingerprint density at radius 2 is 1.67 bits per heavy atom. The molecule has 2 aliphatic heterocycles. The molecule has 170 valence electrons. The summed E-state index contributed by atoms with van der Waals surface area (Å²) in [7, 11) is 1.64. The van der Waals surface area contributed by atoms with Crippen molar-refractivity contribution >= 4 is 11.9 Å². The van der Waals surface area contributed by atoms with Crippen molar-refractivity contribution in [2.45, 2.75) is 32.2 Å². The molecule has 0 N–H and O–H groups in total. The number of rotatable bonds is 6. The number of anilines is 1. The third-order valence-corrected chi connectivity index (χ3v) is 6.22. The molecule has 0 unspecified atom stereocenters. The lowest BCUT2D eigenvalue weighted by Crippen LogP contribution is -2.38. The van der Waals surface area contributed by atoms with Crippen molar-refractivity contribution in [2.24, 2.45) is 0 Å². The Balaban J connectivity index is 1.42. The van der Waals surface area contributed by atoms with Gasteiger partial charge in [-0.2, -0.15) is 4.98 Å². The molecule has 0 aliphatic carbocycles. The van der Waals surface area contributed by atoms with Gasteiger partial charge in [-0.05, 0) is 42.7 Å².